The maximum atomic E-state index is 12.7. The van der Waals surface area contributed by atoms with E-state index in [0.717, 1.165) is 42.0 Å². The molecule has 1 aliphatic rings. The number of fused-ring (bicyclic) bond motifs is 1. The molecule has 1 aromatic heterocycles. The molecule has 0 bridgehead atoms. The highest BCUT2D eigenvalue weighted by atomic mass is 32.2. The Bertz CT molecular complexity index is 770. The molecule has 6 nitrogen and oxygen atoms in total. The van der Waals surface area contributed by atoms with Gasteiger partial charge in [0.15, 0.2) is 0 Å². The minimum absolute atomic E-state index is 0.159. The van der Waals surface area contributed by atoms with Crippen molar-refractivity contribution in [3.63, 3.8) is 0 Å². The van der Waals surface area contributed by atoms with Crippen molar-refractivity contribution in [1.82, 2.24) is 15.1 Å². The van der Waals surface area contributed by atoms with Crippen LogP contribution in [0.25, 0.3) is 0 Å². The zero-order valence-corrected chi connectivity index (χ0v) is 14.9. The first-order valence-corrected chi connectivity index (χ1v) is 9.52. The molecule has 0 aliphatic carbocycles. The van der Waals surface area contributed by atoms with E-state index >= 15 is 0 Å². The molecule has 2 aromatic rings. The summed E-state index contributed by atoms with van der Waals surface area (Å²) in [5, 5.41) is 16.4. The van der Waals surface area contributed by atoms with E-state index < -0.39 is 12.0 Å². The van der Waals surface area contributed by atoms with Crippen molar-refractivity contribution in [2.45, 2.75) is 43.2 Å². The molecule has 1 aromatic carbocycles. The van der Waals surface area contributed by atoms with E-state index in [1.165, 1.54) is 0 Å². The smallest absolute Gasteiger partial charge is 0.305 e. The summed E-state index contributed by atoms with van der Waals surface area (Å²) in [6.07, 6.45) is 6.35. The van der Waals surface area contributed by atoms with Gasteiger partial charge in [0.05, 0.1) is 29.9 Å². The predicted octanol–water partition coefficient (Wildman–Crippen LogP) is 2.89. The van der Waals surface area contributed by atoms with E-state index in [9.17, 15) is 14.7 Å². The van der Waals surface area contributed by atoms with Crippen molar-refractivity contribution in [2.24, 2.45) is 0 Å². The number of benzene rings is 1. The fourth-order valence-electron chi connectivity index (χ4n) is 3.11. The lowest BCUT2D eigenvalue weighted by molar-refractivity contribution is -0.137. The molecule has 7 heteroatoms. The van der Waals surface area contributed by atoms with E-state index in [-0.39, 0.29) is 12.3 Å². The Morgan fingerprint density at radius 2 is 2.08 bits per heavy atom. The van der Waals surface area contributed by atoms with Crippen LogP contribution in [0.3, 0.4) is 0 Å². The number of nitrogens with one attached hydrogen (secondary N) is 1. The van der Waals surface area contributed by atoms with Gasteiger partial charge in [0.2, 0.25) is 0 Å². The van der Waals surface area contributed by atoms with Gasteiger partial charge in [0, 0.05) is 11.4 Å². The standard InChI is InChI=1S/C18H21N3O3S/c1-25-13-7-5-12(6-8-13)15(10-17(22)23)20-18(24)14-11-19-21-9-3-2-4-16(14)21/h5-8,11,15H,2-4,9-10H2,1H3,(H,20,24)(H,22,23). The molecule has 1 atom stereocenters. The summed E-state index contributed by atoms with van der Waals surface area (Å²) in [4.78, 5) is 25.0. The lowest BCUT2D eigenvalue weighted by Crippen LogP contribution is -2.31. The molecular weight excluding hydrogens is 338 g/mol. The molecular formula is C18H21N3O3S. The molecule has 0 fully saturated rings. The first kappa shape index (κ1) is 17.5. The van der Waals surface area contributed by atoms with Gasteiger partial charge in [0.25, 0.3) is 5.91 Å². The number of aliphatic carboxylic acids is 1. The van der Waals surface area contributed by atoms with Crippen molar-refractivity contribution >= 4 is 23.6 Å². The normalized spacial score (nSPS) is 14.6. The van der Waals surface area contributed by atoms with Gasteiger partial charge in [-0.2, -0.15) is 5.10 Å². The molecule has 25 heavy (non-hydrogen) atoms. The number of rotatable bonds is 6. The number of amides is 1. The zero-order valence-electron chi connectivity index (χ0n) is 14.1. The van der Waals surface area contributed by atoms with E-state index in [1.807, 2.05) is 35.2 Å². The van der Waals surface area contributed by atoms with Crippen LogP contribution in [0.5, 0.6) is 0 Å². The number of hydrogen-bond donors (Lipinski definition) is 2. The Hall–Kier alpha value is -2.28. The SMILES string of the molecule is CSc1ccc(C(CC(=O)O)NC(=O)c2cnn3c2CCCC3)cc1. The van der Waals surface area contributed by atoms with E-state index in [4.69, 9.17) is 0 Å². The van der Waals surface area contributed by atoms with Crippen LogP contribution in [0, 0.1) is 0 Å². The molecule has 3 rings (SSSR count). The van der Waals surface area contributed by atoms with Crippen molar-refractivity contribution in [3.8, 4) is 0 Å². The second-order valence-electron chi connectivity index (χ2n) is 6.08. The monoisotopic (exact) mass is 359 g/mol. The van der Waals surface area contributed by atoms with Crippen LogP contribution in [0.2, 0.25) is 0 Å². The Labute approximate surface area is 150 Å². The lowest BCUT2D eigenvalue weighted by Gasteiger charge is -2.19. The highest BCUT2D eigenvalue weighted by Gasteiger charge is 2.24. The number of carbonyl (C=O) groups is 2. The molecule has 132 valence electrons. The first-order valence-electron chi connectivity index (χ1n) is 8.30. The summed E-state index contributed by atoms with van der Waals surface area (Å²) < 4.78 is 1.87. The fraction of sp³-hybridized carbons (Fsp3) is 0.389. The molecule has 2 N–H and O–H groups in total. The largest absolute Gasteiger partial charge is 0.481 e. The van der Waals surface area contributed by atoms with Gasteiger partial charge >= 0.3 is 5.97 Å². The lowest BCUT2D eigenvalue weighted by atomic mass is 10.0. The summed E-state index contributed by atoms with van der Waals surface area (Å²) >= 11 is 1.62. The average molecular weight is 359 g/mol. The third-order valence-electron chi connectivity index (χ3n) is 4.43. The fourth-order valence-corrected chi connectivity index (χ4v) is 3.52. The Morgan fingerprint density at radius 1 is 1.32 bits per heavy atom. The van der Waals surface area contributed by atoms with E-state index in [1.54, 1.807) is 18.0 Å². The number of aryl methyl sites for hydroxylation is 1. The van der Waals surface area contributed by atoms with Gasteiger partial charge in [-0.3, -0.25) is 14.3 Å². The van der Waals surface area contributed by atoms with E-state index in [0.29, 0.717) is 5.56 Å². The maximum Gasteiger partial charge on any atom is 0.305 e. The Balaban J connectivity index is 1.80. The zero-order chi connectivity index (χ0) is 17.8. The number of carboxylic acids is 1. The average Bonchev–Trinajstić information content (AvgIpc) is 3.05. The summed E-state index contributed by atoms with van der Waals surface area (Å²) in [5.74, 6) is -1.21. The number of hydrogen-bond acceptors (Lipinski definition) is 4. The van der Waals surface area contributed by atoms with Crippen molar-refractivity contribution in [1.29, 1.82) is 0 Å². The summed E-state index contributed by atoms with van der Waals surface area (Å²) in [5.41, 5.74) is 2.28. The minimum Gasteiger partial charge on any atom is -0.481 e. The molecule has 1 amide bonds. The summed E-state index contributed by atoms with van der Waals surface area (Å²) in [7, 11) is 0. The van der Waals surface area contributed by atoms with Gasteiger partial charge in [-0.25, -0.2) is 0 Å². The number of carbonyl (C=O) groups excluding carboxylic acids is 1. The molecule has 1 aliphatic heterocycles. The van der Waals surface area contributed by atoms with Crippen molar-refractivity contribution < 1.29 is 14.7 Å². The second kappa shape index (κ2) is 7.74. The molecule has 0 saturated carbocycles. The van der Waals surface area contributed by atoms with Crippen LogP contribution in [0.15, 0.2) is 35.4 Å². The third kappa shape index (κ3) is 4.04. The van der Waals surface area contributed by atoms with Gasteiger partial charge in [0.1, 0.15) is 0 Å². The van der Waals surface area contributed by atoms with Crippen LogP contribution < -0.4 is 5.32 Å². The minimum atomic E-state index is -0.948. The van der Waals surface area contributed by atoms with Crippen molar-refractivity contribution in [2.75, 3.05) is 6.26 Å². The van der Waals surface area contributed by atoms with Crippen LogP contribution in [0.4, 0.5) is 0 Å². The number of thioether (sulfide) groups is 1. The third-order valence-corrected chi connectivity index (χ3v) is 5.17. The molecule has 0 radical (unpaired) electrons. The number of aromatic nitrogens is 2. The topological polar surface area (TPSA) is 84.2 Å². The Kier molecular flexibility index (Phi) is 5.43. The van der Waals surface area contributed by atoms with Crippen molar-refractivity contribution in [3.05, 3.63) is 47.3 Å². The number of nitrogens with zero attached hydrogens (tertiary/aromatic N) is 2. The molecule has 0 saturated heterocycles. The predicted molar refractivity (Wildman–Crippen MR) is 95.8 cm³/mol. The molecule has 0 spiro atoms. The van der Waals surface area contributed by atoms with Gasteiger partial charge in [-0.05, 0) is 43.2 Å². The summed E-state index contributed by atoms with van der Waals surface area (Å²) in [6.45, 7) is 0.831. The van der Waals surface area contributed by atoms with Crippen LogP contribution in [0.1, 0.15) is 46.9 Å². The Morgan fingerprint density at radius 3 is 2.76 bits per heavy atom. The van der Waals surface area contributed by atoms with E-state index in [2.05, 4.69) is 10.4 Å². The molecule has 1 unspecified atom stereocenters. The maximum absolute atomic E-state index is 12.7. The first-order chi connectivity index (χ1) is 12.1. The highest BCUT2D eigenvalue weighted by molar-refractivity contribution is 7.98. The quantitative estimate of drug-likeness (QED) is 0.775. The van der Waals surface area contributed by atoms with Gasteiger partial charge in [-0.1, -0.05) is 12.1 Å². The van der Waals surface area contributed by atoms with Crippen LogP contribution in [-0.2, 0) is 17.8 Å². The number of carboxylic acid groups (broad SMARTS) is 1. The summed E-state index contributed by atoms with van der Waals surface area (Å²) in [6, 6.07) is 7.03. The van der Waals surface area contributed by atoms with Gasteiger partial charge in [-0.15, -0.1) is 11.8 Å². The van der Waals surface area contributed by atoms with Crippen LogP contribution in [-0.4, -0.2) is 33.0 Å². The molecule has 2 heterocycles. The van der Waals surface area contributed by atoms with Crippen LogP contribution >= 0.6 is 11.8 Å². The van der Waals surface area contributed by atoms with Gasteiger partial charge < -0.3 is 10.4 Å². The second-order valence-corrected chi connectivity index (χ2v) is 6.96. The highest BCUT2D eigenvalue weighted by Crippen LogP contribution is 2.23.